The second kappa shape index (κ2) is 6.45. The molecule has 1 aliphatic heterocycles. The van der Waals surface area contributed by atoms with Crippen molar-refractivity contribution in [1.29, 1.82) is 0 Å². The van der Waals surface area contributed by atoms with Crippen LogP contribution >= 0.6 is 11.8 Å². The molecule has 1 saturated heterocycles. The van der Waals surface area contributed by atoms with E-state index in [1.54, 1.807) is 28.6 Å². The fourth-order valence-electron chi connectivity index (χ4n) is 1.85. The van der Waals surface area contributed by atoms with Crippen molar-refractivity contribution in [2.75, 3.05) is 18.7 Å². The smallest absolute Gasteiger partial charge is 0.246 e. The van der Waals surface area contributed by atoms with Gasteiger partial charge in [-0.15, -0.1) is 11.8 Å². The zero-order chi connectivity index (χ0) is 13.9. The molecule has 1 fully saturated rings. The predicted molar refractivity (Wildman–Crippen MR) is 75.3 cm³/mol. The first-order valence-electron chi connectivity index (χ1n) is 6.48. The van der Waals surface area contributed by atoms with Crippen molar-refractivity contribution in [3.8, 4) is 0 Å². The van der Waals surface area contributed by atoms with E-state index in [1.807, 2.05) is 27.7 Å². The van der Waals surface area contributed by atoms with Crippen LogP contribution in [0.1, 0.15) is 34.1 Å². The van der Waals surface area contributed by atoms with Gasteiger partial charge in [0.05, 0.1) is 5.88 Å². The Hall–Kier alpha value is -0.710. The van der Waals surface area contributed by atoms with Gasteiger partial charge in [-0.3, -0.25) is 9.59 Å². The van der Waals surface area contributed by atoms with E-state index in [1.165, 1.54) is 0 Å². The Labute approximate surface area is 114 Å². The quantitative estimate of drug-likeness (QED) is 0.783. The highest BCUT2D eigenvalue weighted by atomic mass is 32.2. The fraction of sp³-hybridized carbons (Fsp3) is 0.846. The monoisotopic (exact) mass is 272 g/mol. The van der Waals surface area contributed by atoms with Gasteiger partial charge in [0.1, 0.15) is 6.04 Å². The van der Waals surface area contributed by atoms with Crippen molar-refractivity contribution in [1.82, 2.24) is 9.80 Å². The number of hydrogen-bond acceptors (Lipinski definition) is 3. The van der Waals surface area contributed by atoms with Gasteiger partial charge in [-0.2, -0.15) is 0 Å². The van der Waals surface area contributed by atoms with Gasteiger partial charge in [0.2, 0.25) is 11.8 Å². The van der Waals surface area contributed by atoms with Crippen LogP contribution in [0.2, 0.25) is 0 Å². The third-order valence-electron chi connectivity index (χ3n) is 3.19. The van der Waals surface area contributed by atoms with Crippen molar-refractivity contribution in [3.05, 3.63) is 0 Å². The molecule has 1 unspecified atom stereocenters. The fourth-order valence-corrected chi connectivity index (χ4v) is 3.02. The van der Waals surface area contributed by atoms with Crippen molar-refractivity contribution in [3.63, 3.8) is 0 Å². The van der Waals surface area contributed by atoms with Crippen molar-refractivity contribution < 1.29 is 9.59 Å². The average Bonchev–Trinajstić information content (AvgIpc) is 2.74. The Balaban J connectivity index is 2.70. The highest BCUT2D eigenvalue weighted by Crippen LogP contribution is 2.24. The van der Waals surface area contributed by atoms with Crippen LogP contribution in [0.4, 0.5) is 0 Å². The topological polar surface area (TPSA) is 40.6 Å². The van der Waals surface area contributed by atoms with Crippen LogP contribution in [-0.2, 0) is 9.59 Å². The Bertz CT molecular complexity index is 318. The lowest BCUT2D eigenvalue weighted by molar-refractivity contribution is -0.143. The van der Waals surface area contributed by atoms with E-state index in [-0.39, 0.29) is 23.9 Å². The van der Waals surface area contributed by atoms with E-state index in [2.05, 4.69) is 0 Å². The summed E-state index contributed by atoms with van der Waals surface area (Å²) < 4.78 is 0. The van der Waals surface area contributed by atoms with Crippen LogP contribution in [0.3, 0.4) is 0 Å². The first-order chi connectivity index (χ1) is 8.34. The Morgan fingerprint density at radius 3 is 2.44 bits per heavy atom. The highest BCUT2D eigenvalue weighted by molar-refractivity contribution is 7.99. The second-order valence-electron chi connectivity index (χ2n) is 5.52. The maximum Gasteiger partial charge on any atom is 0.246 e. The molecule has 0 aromatic carbocycles. The molecule has 104 valence electrons. The van der Waals surface area contributed by atoms with E-state index in [9.17, 15) is 9.59 Å². The van der Waals surface area contributed by atoms with Gasteiger partial charge in [0.25, 0.3) is 0 Å². The average molecular weight is 272 g/mol. The zero-order valence-corrected chi connectivity index (χ0v) is 12.8. The van der Waals surface area contributed by atoms with Crippen LogP contribution in [0.25, 0.3) is 0 Å². The van der Waals surface area contributed by atoms with E-state index >= 15 is 0 Å². The van der Waals surface area contributed by atoms with E-state index in [0.717, 1.165) is 5.75 Å². The van der Waals surface area contributed by atoms with E-state index in [4.69, 9.17) is 0 Å². The van der Waals surface area contributed by atoms with Crippen LogP contribution in [0, 0.1) is 5.92 Å². The lowest BCUT2D eigenvalue weighted by Crippen LogP contribution is -2.49. The summed E-state index contributed by atoms with van der Waals surface area (Å²) >= 11 is 1.66. The summed E-state index contributed by atoms with van der Waals surface area (Å²) in [5, 5.41) is 0. The molecule has 0 spiro atoms. The Morgan fingerprint density at radius 2 is 1.94 bits per heavy atom. The number of likely N-dealkylation sites (N-methyl/N-ethyl adjacent to an activating group) is 1. The molecular formula is C13H24N2O2S. The summed E-state index contributed by atoms with van der Waals surface area (Å²) in [5.41, 5.74) is 0. The zero-order valence-electron chi connectivity index (χ0n) is 12.0. The summed E-state index contributed by atoms with van der Waals surface area (Å²) in [7, 11) is 1.81. The summed E-state index contributed by atoms with van der Waals surface area (Å²) in [4.78, 5) is 27.9. The molecule has 5 heteroatoms. The molecular weight excluding hydrogens is 248 g/mol. The molecule has 4 nitrogen and oxygen atoms in total. The van der Waals surface area contributed by atoms with Gasteiger partial charge in [-0.25, -0.2) is 0 Å². The lowest BCUT2D eigenvalue weighted by Gasteiger charge is -2.29. The number of carbonyl (C=O) groups excluding carboxylic acids is 2. The van der Waals surface area contributed by atoms with Crippen molar-refractivity contribution in [2.24, 2.45) is 5.92 Å². The number of rotatable bonds is 4. The molecule has 1 heterocycles. The van der Waals surface area contributed by atoms with Gasteiger partial charge in [-0.1, -0.05) is 13.8 Å². The maximum atomic E-state index is 12.3. The third-order valence-corrected chi connectivity index (χ3v) is 4.20. The standard InChI is InChI=1S/C13H24N2O2S/c1-9(2)6-12(16)15-8-18-7-11(15)13(17)14(5)10(3)4/h9-11H,6-8H2,1-5H3. The van der Waals surface area contributed by atoms with Crippen LogP contribution in [0.5, 0.6) is 0 Å². The number of thioether (sulfide) groups is 1. The molecule has 0 saturated carbocycles. The largest absolute Gasteiger partial charge is 0.342 e. The van der Waals surface area contributed by atoms with Crippen molar-refractivity contribution in [2.45, 2.75) is 46.2 Å². The van der Waals surface area contributed by atoms with E-state index in [0.29, 0.717) is 18.2 Å². The SMILES string of the molecule is CC(C)CC(=O)N1CSCC1C(=O)N(C)C(C)C. The Kier molecular flexibility index (Phi) is 5.50. The van der Waals surface area contributed by atoms with Gasteiger partial charge < -0.3 is 9.80 Å². The minimum atomic E-state index is -0.270. The van der Waals surface area contributed by atoms with Gasteiger partial charge in [0.15, 0.2) is 0 Å². The molecule has 0 aromatic heterocycles. The predicted octanol–water partition coefficient (Wildman–Crippen LogP) is 1.80. The molecule has 1 aliphatic rings. The maximum absolute atomic E-state index is 12.3. The molecule has 0 aromatic rings. The number of hydrogen-bond donors (Lipinski definition) is 0. The van der Waals surface area contributed by atoms with E-state index < -0.39 is 0 Å². The molecule has 0 aliphatic carbocycles. The van der Waals surface area contributed by atoms with Crippen LogP contribution < -0.4 is 0 Å². The lowest BCUT2D eigenvalue weighted by atomic mass is 10.1. The second-order valence-corrected chi connectivity index (χ2v) is 6.52. The molecule has 1 rings (SSSR count). The molecule has 2 amide bonds. The van der Waals surface area contributed by atoms with Gasteiger partial charge >= 0.3 is 0 Å². The highest BCUT2D eigenvalue weighted by Gasteiger charge is 2.36. The molecule has 18 heavy (non-hydrogen) atoms. The van der Waals surface area contributed by atoms with Crippen LogP contribution in [-0.4, -0.2) is 52.4 Å². The number of carbonyl (C=O) groups is 2. The summed E-state index contributed by atoms with van der Waals surface area (Å²) in [6.45, 7) is 8.02. The summed E-state index contributed by atoms with van der Waals surface area (Å²) in [6.07, 6.45) is 0.524. The number of nitrogens with zero attached hydrogens (tertiary/aromatic N) is 2. The summed E-state index contributed by atoms with van der Waals surface area (Å²) in [6, 6.07) is -0.0983. The Morgan fingerprint density at radius 1 is 1.33 bits per heavy atom. The van der Waals surface area contributed by atoms with Crippen LogP contribution in [0.15, 0.2) is 0 Å². The number of amides is 2. The molecule has 1 atom stereocenters. The molecule has 0 bridgehead atoms. The minimum Gasteiger partial charge on any atom is -0.342 e. The first-order valence-corrected chi connectivity index (χ1v) is 7.64. The third kappa shape index (κ3) is 3.64. The van der Waals surface area contributed by atoms with Gasteiger partial charge in [-0.05, 0) is 19.8 Å². The minimum absolute atomic E-state index is 0.0621. The molecule has 0 radical (unpaired) electrons. The van der Waals surface area contributed by atoms with Crippen molar-refractivity contribution >= 4 is 23.6 Å². The summed E-state index contributed by atoms with van der Waals surface area (Å²) in [5.74, 6) is 1.87. The normalized spacial score (nSPS) is 19.7. The molecule has 0 N–H and O–H groups in total. The van der Waals surface area contributed by atoms with Gasteiger partial charge in [0, 0.05) is 25.3 Å². The first kappa shape index (κ1) is 15.3.